The minimum absolute atomic E-state index is 0.369. The molecule has 5 nitrogen and oxygen atoms in total. The number of aryl methyl sites for hydroxylation is 1. The zero-order chi connectivity index (χ0) is 13.8. The Morgan fingerprint density at radius 2 is 2.26 bits per heavy atom. The van der Waals surface area contributed by atoms with Gasteiger partial charge in [-0.15, -0.1) is 0 Å². The molecule has 1 unspecified atom stereocenters. The lowest BCUT2D eigenvalue weighted by Crippen LogP contribution is -2.31. The molecule has 1 atom stereocenters. The van der Waals surface area contributed by atoms with E-state index in [1.165, 1.54) is 13.2 Å². The van der Waals surface area contributed by atoms with Gasteiger partial charge in [0.2, 0.25) is 0 Å². The van der Waals surface area contributed by atoms with Crippen LogP contribution in [0.3, 0.4) is 0 Å². The summed E-state index contributed by atoms with van der Waals surface area (Å²) in [5, 5.41) is 4.17. The number of ether oxygens (including phenoxy) is 1. The summed E-state index contributed by atoms with van der Waals surface area (Å²) in [5.41, 5.74) is 3.79. The Morgan fingerprint density at radius 3 is 2.89 bits per heavy atom. The van der Waals surface area contributed by atoms with Crippen molar-refractivity contribution in [3.63, 3.8) is 0 Å². The third-order valence-electron chi connectivity index (χ3n) is 3.03. The minimum Gasteiger partial charge on any atom is -0.496 e. The maximum Gasteiger partial charge on any atom is 0.132 e. The lowest BCUT2D eigenvalue weighted by atomic mass is 10.0. The zero-order valence-electron chi connectivity index (χ0n) is 10.9. The fraction of sp³-hybridized carbons (Fsp3) is 0.308. The van der Waals surface area contributed by atoms with E-state index in [4.69, 9.17) is 10.6 Å². The molecule has 0 saturated heterocycles. The number of rotatable bonds is 5. The second-order valence-electron chi connectivity index (χ2n) is 4.03. The first-order chi connectivity index (χ1) is 9.22. The molecule has 0 aliphatic rings. The minimum atomic E-state index is -0.515. The molecular formula is C13H17FN4O. The predicted octanol–water partition coefficient (Wildman–Crippen LogP) is 1.60. The summed E-state index contributed by atoms with van der Waals surface area (Å²) in [5.74, 6) is 5.68. The Morgan fingerprint density at radius 1 is 1.47 bits per heavy atom. The summed E-state index contributed by atoms with van der Waals surface area (Å²) >= 11 is 0. The Kier molecular flexibility index (Phi) is 4.13. The van der Waals surface area contributed by atoms with E-state index < -0.39 is 6.04 Å². The van der Waals surface area contributed by atoms with Gasteiger partial charge in [0.15, 0.2) is 0 Å². The monoisotopic (exact) mass is 264 g/mol. The highest BCUT2D eigenvalue weighted by atomic mass is 19.1. The summed E-state index contributed by atoms with van der Waals surface area (Å²) in [7, 11) is 1.50. The van der Waals surface area contributed by atoms with E-state index in [-0.39, 0.29) is 5.82 Å². The molecule has 0 spiro atoms. The Balaban J connectivity index is 2.54. The van der Waals surface area contributed by atoms with Crippen molar-refractivity contribution in [2.75, 3.05) is 7.11 Å². The molecule has 0 fully saturated rings. The Bertz CT molecular complexity index is 555. The van der Waals surface area contributed by atoms with Crippen LogP contribution in [0.5, 0.6) is 5.75 Å². The van der Waals surface area contributed by atoms with E-state index in [1.54, 1.807) is 29.1 Å². The number of hydrogen-bond donors (Lipinski definition) is 2. The number of benzene rings is 1. The second kappa shape index (κ2) is 5.81. The van der Waals surface area contributed by atoms with Crippen molar-refractivity contribution in [1.29, 1.82) is 0 Å². The first-order valence-corrected chi connectivity index (χ1v) is 6.03. The van der Waals surface area contributed by atoms with Crippen LogP contribution in [-0.2, 0) is 6.54 Å². The molecule has 1 aromatic heterocycles. The number of aromatic nitrogens is 2. The van der Waals surface area contributed by atoms with Gasteiger partial charge in [0.1, 0.15) is 11.6 Å². The van der Waals surface area contributed by atoms with Gasteiger partial charge in [-0.2, -0.15) is 5.10 Å². The fourth-order valence-corrected chi connectivity index (χ4v) is 2.14. The highest BCUT2D eigenvalue weighted by Crippen LogP contribution is 2.31. The molecular weight excluding hydrogens is 247 g/mol. The molecule has 6 heteroatoms. The quantitative estimate of drug-likeness (QED) is 0.636. The lowest BCUT2D eigenvalue weighted by molar-refractivity contribution is 0.394. The van der Waals surface area contributed by atoms with Crippen LogP contribution < -0.4 is 16.0 Å². The van der Waals surface area contributed by atoms with E-state index in [2.05, 4.69) is 10.5 Å². The van der Waals surface area contributed by atoms with Crippen molar-refractivity contribution >= 4 is 0 Å². The van der Waals surface area contributed by atoms with Crippen molar-refractivity contribution in [3.05, 3.63) is 47.5 Å². The van der Waals surface area contributed by atoms with Gasteiger partial charge in [0.05, 0.1) is 24.4 Å². The van der Waals surface area contributed by atoms with E-state index in [0.29, 0.717) is 17.9 Å². The van der Waals surface area contributed by atoms with Crippen molar-refractivity contribution < 1.29 is 9.13 Å². The fourth-order valence-electron chi connectivity index (χ4n) is 2.14. The highest BCUT2D eigenvalue weighted by Gasteiger charge is 2.23. The van der Waals surface area contributed by atoms with E-state index in [9.17, 15) is 4.39 Å². The van der Waals surface area contributed by atoms with Crippen LogP contribution in [-0.4, -0.2) is 16.9 Å². The van der Waals surface area contributed by atoms with Gasteiger partial charge in [-0.25, -0.2) is 9.82 Å². The number of nitrogens with zero attached hydrogens (tertiary/aromatic N) is 2. The van der Waals surface area contributed by atoms with E-state index >= 15 is 0 Å². The normalized spacial score (nSPS) is 12.4. The van der Waals surface area contributed by atoms with E-state index in [1.807, 2.05) is 6.92 Å². The largest absolute Gasteiger partial charge is 0.496 e. The van der Waals surface area contributed by atoms with Gasteiger partial charge in [-0.3, -0.25) is 10.5 Å². The molecule has 1 heterocycles. The van der Waals surface area contributed by atoms with Crippen LogP contribution in [0.1, 0.15) is 24.2 Å². The third kappa shape index (κ3) is 2.45. The molecule has 0 radical (unpaired) electrons. The maximum absolute atomic E-state index is 14.1. The van der Waals surface area contributed by atoms with Gasteiger partial charge < -0.3 is 4.74 Å². The third-order valence-corrected chi connectivity index (χ3v) is 3.03. The molecule has 0 amide bonds. The molecule has 19 heavy (non-hydrogen) atoms. The van der Waals surface area contributed by atoms with Crippen molar-refractivity contribution in [1.82, 2.24) is 15.2 Å². The number of nitrogens with one attached hydrogen (secondary N) is 1. The first kappa shape index (κ1) is 13.5. The van der Waals surface area contributed by atoms with Gasteiger partial charge in [0.25, 0.3) is 0 Å². The predicted molar refractivity (Wildman–Crippen MR) is 70.0 cm³/mol. The number of methoxy groups -OCH3 is 1. The molecule has 2 rings (SSSR count). The van der Waals surface area contributed by atoms with Crippen molar-refractivity contribution in [3.8, 4) is 5.75 Å². The second-order valence-corrected chi connectivity index (χ2v) is 4.03. The van der Waals surface area contributed by atoms with Gasteiger partial charge in [0, 0.05) is 12.7 Å². The van der Waals surface area contributed by atoms with Crippen LogP contribution in [0.25, 0.3) is 0 Å². The number of hydrogen-bond acceptors (Lipinski definition) is 4. The molecule has 0 aliphatic carbocycles. The first-order valence-electron chi connectivity index (χ1n) is 6.03. The van der Waals surface area contributed by atoms with Gasteiger partial charge in [-0.05, 0) is 25.1 Å². The summed E-state index contributed by atoms with van der Waals surface area (Å²) in [6.07, 6.45) is 1.66. The number of hydrazine groups is 1. The Hall–Kier alpha value is -1.92. The van der Waals surface area contributed by atoms with Crippen molar-refractivity contribution in [2.24, 2.45) is 5.84 Å². The summed E-state index contributed by atoms with van der Waals surface area (Å²) < 4.78 is 21.1. The van der Waals surface area contributed by atoms with E-state index in [0.717, 1.165) is 5.69 Å². The van der Waals surface area contributed by atoms with Gasteiger partial charge >= 0.3 is 0 Å². The lowest BCUT2D eigenvalue weighted by Gasteiger charge is -2.20. The van der Waals surface area contributed by atoms with Crippen LogP contribution >= 0.6 is 0 Å². The smallest absolute Gasteiger partial charge is 0.132 e. The molecule has 102 valence electrons. The van der Waals surface area contributed by atoms with Crippen LogP contribution in [0.2, 0.25) is 0 Å². The molecule has 0 saturated carbocycles. The molecule has 0 bridgehead atoms. The summed E-state index contributed by atoms with van der Waals surface area (Å²) in [6, 6.07) is 5.98. The topological polar surface area (TPSA) is 65.1 Å². The molecule has 0 aliphatic heterocycles. The average Bonchev–Trinajstić information content (AvgIpc) is 2.89. The standard InChI is InChI=1S/C13H17FN4O/c1-3-18-10(7-8-16-18)13(17-15)12-9(14)5-4-6-11(12)19-2/h4-8,13,17H,3,15H2,1-2H3. The van der Waals surface area contributed by atoms with Crippen LogP contribution in [0.15, 0.2) is 30.5 Å². The Labute approximate surface area is 111 Å². The molecule has 2 aromatic rings. The zero-order valence-corrected chi connectivity index (χ0v) is 10.9. The molecule has 1 aromatic carbocycles. The summed E-state index contributed by atoms with van der Waals surface area (Å²) in [6.45, 7) is 2.64. The molecule has 3 N–H and O–H groups in total. The average molecular weight is 264 g/mol. The van der Waals surface area contributed by atoms with Crippen molar-refractivity contribution in [2.45, 2.75) is 19.5 Å². The number of halogens is 1. The van der Waals surface area contributed by atoms with Crippen LogP contribution in [0.4, 0.5) is 4.39 Å². The van der Waals surface area contributed by atoms with Crippen LogP contribution in [0, 0.1) is 5.82 Å². The number of nitrogens with two attached hydrogens (primary N) is 1. The maximum atomic E-state index is 14.1. The van der Waals surface area contributed by atoms with Gasteiger partial charge in [-0.1, -0.05) is 6.07 Å². The summed E-state index contributed by atoms with van der Waals surface area (Å²) in [4.78, 5) is 0. The SMILES string of the molecule is CCn1nccc1C(NN)c1c(F)cccc1OC. The highest BCUT2D eigenvalue weighted by molar-refractivity contribution is 5.41.